The Bertz CT molecular complexity index is 630. The molecule has 0 spiro atoms. The Morgan fingerprint density at radius 2 is 2.14 bits per heavy atom. The zero-order chi connectivity index (χ0) is 16.2. The number of methoxy groups -OCH3 is 1. The van der Waals surface area contributed by atoms with E-state index in [-0.39, 0.29) is 24.1 Å². The highest BCUT2D eigenvalue weighted by atomic mass is 32.2. The van der Waals surface area contributed by atoms with Crippen molar-refractivity contribution < 1.29 is 17.9 Å². The van der Waals surface area contributed by atoms with Crippen LogP contribution in [0.2, 0.25) is 0 Å². The van der Waals surface area contributed by atoms with Gasteiger partial charge < -0.3 is 10.1 Å². The fourth-order valence-electron chi connectivity index (χ4n) is 2.57. The first-order valence-corrected chi connectivity index (χ1v) is 9.00. The first-order valence-electron chi connectivity index (χ1n) is 7.39. The molecule has 0 radical (unpaired) electrons. The maximum absolute atomic E-state index is 12.4. The van der Waals surface area contributed by atoms with Gasteiger partial charge in [0.1, 0.15) is 5.75 Å². The van der Waals surface area contributed by atoms with E-state index in [2.05, 4.69) is 5.32 Å². The second-order valence-corrected chi connectivity index (χ2v) is 7.54. The van der Waals surface area contributed by atoms with Gasteiger partial charge in [0.25, 0.3) is 0 Å². The molecular formula is C15H22N2O4S. The van der Waals surface area contributed by atoms with Crippen LogP contribution in [0, 0.1) is 5.92 Å². The monoisotopic (exact) mass is 326 g/mol. The maximum Gasteiger partial charge on any atom is 0.228 e. The summed E-state index contributed by atoms with van der Waals surface area (Å²) in [5.74, 6) is 0.151. The molecule has 1 aliphatic heterocycles. The molecule has 2 rings (SSSR count). The molecule has 1 fully saturated rings. The molecule has 0 unspecified atom stereocenters. The Kier molecular flexibility index (Phi) is 5.42. The Balaban J connectivity index is 2.06. The van der Waals surface area contributed by atoms with Crippen molar-refractivity contribution in [1.29, 1.82) is 0 Å². The second-order valence-electron chi connectivity index (χ2n) is 5.29. The van der Waals surface area contributed by atoms with Crippen LogP contribution in [-0.4, -0.2) is 44.6 Å². The molecule has 0 saturated carbocycles. The van der Waals surface area contributed by atoms with Gasteiger partial charge >= 0.3 is 0 Å². The summed E-state index contributed by atoms with van der Waals surface area (Å²) in [6.45, 7) is 2.36. The van der Waals surface area contributed by atoms with Gasteiger partial charge in [-0.2, -0.15) is 0 Å². The normalized spacial score (nSPS) is 19.6. The van der Waals surface area contributed by atoms with Crippen LogP contribution in [-0.2, 0) is 14.8 Å². The third kappa shape index (κ3) is 3.78. The van der Waals surface area contributed by atoms with Gasteiger partial charge in [0.05, 0.1) is 24.5 Å². The van der Waals surface area contributed by atoms with Crippen LogP contribution in [0.1, 0.15) is 19.8 Å². The summed E-state index contributed by atoms with van der Waals surface area (Å²) in [6, 6.07) is 7.17. The number of benzene rings is 1. The average molecular weight is 326 g/mol. The number of sulfonamides is 1. The maximum atomic E-state index is 12.4. The minimum absolute atomic E-state index is 0.0633. The van der Waals surface area contributed by atoms with E-state index in [1.807, 2.05) is 12.1 Å². The van der Waals surface area contributed by atoms with Crippen LogP contribution in [0.15, 0.2) is 24.3 Å². The molecular weight excluding hydrogens is 304 g/mol. The number of hydrogen-bond acceptors (Lipinski definition) is 4. The number of carbonyl (C=O) groups is 1. The summed E-state index contributed by atoms with van der Waals surface area (Å²) in [5.41, 5.74) is 0.602. The highest BCUT2D eigenvalue weighted by molar-refractivity contribution is 7.89. The number of anilines is 1. The van der Waals surface area contributed by atoms with E-state index in [4.69, 9.17) is 4.74 Å². The van der Waals surface area contributed by atoms with E-state index in [1.165, 1.54) is 4.31 Å². The molecule has 1 amide bonds. The zero-order valence-electron chi connectivity index (χ0n) is 12.9. The van der Waals surface area contributed by atoms with Crippen molar-refractivity contribution >= 4 is 21.6 Å². The van der Waals surface area contributed by atoms with Crippen LogP contribution >= 0.6 is 0 Å². The van der Waals surface area contributed by atoms with Crippen LogP contribution < -0.4 is 10.1 Å². The van der Waals surface area contributed by atoms with Crippen molar-refractivity contribution in [3.8, 4) is 5.75 Å². The molecule has 0 aromatic heterocycles. The first-order chi connectivity index (χ1) is 10.5. The van der Waals surface area contributed by atoms with Crippen molar-refractivity contribution in [2.75, 3.05) is 31.3 Å². The lowest BCUT2D eigenvalue weighted by Gasteiger charge is -2.31. The van der Waals surface area contributed by atoms with Gasteiger partial charge in [0.15, 0.2) is 0 Å². The Morgan fingerprint density at radius 1 is 1.41 bits per heavy atom. The number of para-hydroxylation sites is 2. The lowest BCUT2D eigenvalue weighted by molar-refractivity contribution is -0.120. The number of ether oxygens (including phenoxy) is 1. The number of nitrogens with one attached hydrogen (secondary N) is 1. The van der Waals surface area contributed by atoms with E-state index >= 15 is 0 Å². The Morgan fingerprint density at radius 3 is 2.82 bits per heavy atom. The first kappa shape index (κ1) is 16.8. The minimum atomic E-state index is -3.24. The van der Waals surface area contributed by atoms with Gasteiger partial charge in [-0.15, -0.1) is 0 Å². The molecule has 1 aromatic carbocycles. The molecule has 0 bridgehead atoms. The van der Waals surface area contributed by atoms with Crippen molar-refractivity contribution in [2.24, 2.45) is 5.92 Å². The molecule has 1 N–H and O–H groups in total. The summed E-state index contributed by atoms with van der Waals surface area (Å²) in [4.78, 5) is 12.4. The largest absolute Gasteiger partial charge is 0.495 e. The van der Waals surface area contributed by atoms with Gasteiger partial charge in [0, 0.05) is 13.1 Å². The van der Waals surface area contributed by atoms with Gasteiger partial charge in [-0.25, -0.2) is 12.7 Å². The zero-order valence-corrected chi connectivity index (χ0v) is 13.7. The fraction of sp³-hybridized carbons (Fsp3) is 0.533. The predicted molar refractivity (Wildman–Crippen MR) is 85.4 cm³/mol. The minimum Gasteiger partial charge on any atom is -0.495 e. The van der Waals surface area contributed by atoms with Crippen molar-refractivity contribution in [1.82, 2.24) is 4.31 Å². The number of amides is 1. The van der Waals surface area contributed by atoms with E-state index in [1.54, 1.807) is 26.2 Å². The van der Waals surface area contributed by atoms with Gasteiger partial charge in [-0.1, -0.05) is 12.1 Å². The molecule has 1 aliphatic rings. The molecule has 7 heteroatoms. The highest BCUT2D eigenvalue weighted by Crippen LogP contribution is 2.26. The molecule has 122 valence electrons. The van der Waals surface area contributed by atoms with Crippen LogP contribution in [0.25, 0.3) is 0 Å². The molecule has 22 heavy (non-hydrogen) atoms. The van der Waals surface area contributed by atoms with Crippen molar-refractivity contribution in [2.45, 2.75) is 19.8 Å². The van der Waals surface area contributed by atoms with Gasteiger partial charge in [-0.3, -0.25) is 4.79 Å². The summed E-state index contributed by atoms with van der Waals surface area (Å²) in [7, 11) is -1.70. The Hall–Kier alpha value is -1.60. The standard InChI is InChI=1S/C15H22N2O4S/c1-3-22(19,20)17-10-6-7-12(11-17)15(18)16-13-8-4-5-9-14(13)21-2/h4-5,8-9,12H,3,6-7,10-11H2,1-2H3,(H,16,18)/t12-/m0/s1. The predicted octanol–water partition coefficient (Wildman–Crippen LogP) is 1.70. The van der Waals surface area contributed by atoms with E-state index in [0.29, 0.717) is 30.8 Å². The molecule has 1 saturated heterocycles. The van der Waals surface area contributed by atoms with Crippen molar-refractivity contribution in [3.05, 3.63) is 24.3 Å². The number of piperidine rings is 1. The van der Waals surface area contributed by atoms with Gasteiger partial charge in [-0.05, 0) is 31.9 Å². The number of nitrogens with zero attached hydrogens (tertiary/aromatic N) is 1. The molecule has 1 heterocycles. The molecule has 1 aromatic rings. The van der Waals surface area contributed by atoms with Crippen molar-refractivity contribution in [3.63, 3.8) is 0 Å². The second kappa shape index (κ2) is 7.11. The average Bonchev–Trinajstić information content (AvgIpc) is 2.55. The van der Waals surface area contributed by atoms with Crippen LogP contribution in [0.3, 0.4) is 0 Å². The lowest BCUT2D eigenvalue weighted by atomic mass is 9.98. The topological polar surface area (TPSA) is 75.7 Å². The smallest absolute Gasteiger partial charge is 0.228 e. The van der Waals surface area contributed by atoms with Crippen LogP contribution in [0.5, 0.6) is 5.75 Å². The number of hydrogen-bond donors (Lipinski definition) is 1. The number of rotatable bonds is 5. The molecule has 1 atom stereocenters. The SMILES string of the molecule is CCS(=O)(=O)N1CCC[C@H](C(=O)Nc2ccccc2OC)C1. The van der Waals surface area contributed by atoms with Gasteiger partial charge in [0.2, 0.25) is 15.9 Å². The summed E-state index contributed by atoms with van der Waals surface area (Å²) >= 11 is 0. The van der Waals surface area contributed by atoms with E-state index in [9.17, 15) is 13.2 Å². The van der Waals surface area contributed by atoms with E-state index in [0.717, 1.165) is 0 Å². The third-order valence-corrected chi connectivity index (χ3v) is 5.73. The highest BCUT2D eigenvalue weighted by Gasteiger charge is 2.31. The summed E-state index contributed by atoms with van der Waals surface area (Å²) < 4.78 is 30.5. The fourth-order valence-corrected chi connectivity index (χ4v) is 3.75. The summed E-state index contributed by atoms with van der Waals surface area (Å²) in [6.07, 6.45) is 1.39. The summed E-state index contributed by atoms with van der Waals surface area (Å²) in [5, 5.41) is 2.84. The van der Waals surface area contributed by atoms with E-state index < -0.39 is 10.0 Å². The molecule has 6 nitrogen and oxygen atoms in total. The quantitative estimate of drug-likeness (QED) is 0.893. The lowest BCUT2D eigenvalue weighted by Crippen LogP contribution is -2.44. The Labute approximate surface area is 131 Å². The van der Waals surface area contributed by atoms with Crippen LogP contribution in [0.4, 0.5) is 5.69 Å². The third-order valence-electron chi connectivity index (χ3n) is 3.88. The molecule has 0 aliphatic carbocycles. The number of carbonyl (C=O) groups excluding carboxylic acids is 1.